The van der Waals surface area contributed by atoms with Gasteiger partial charge >= 0.3 is 0 Å². The summed E-state index contributed by atoms with van der Waals surface area (Å²) in [4.78, 5) is 7.16. The minimum Gasteiger partial charge on any atom is -0.456 e. The molecule has 0 radical (unpaired) electrons. The van der Waals surface area contributed by atoms with E-state index in [0.717, 1.165) is 177 Å². The molecule has 0 unspecified atom stereocenters. The van der Waals surface area contributed by atoms with Crippen LogP contribution in [0.25, 0.3) is 230 Å². The van der Waals surface area contributed by atoms with E-state index < -0.39 is 0 Å². The minimum absolute atomic E-state index is 0.857. The van der Waals surface area contributed by atoms with Gasteiger partial charge in [0.1, 0.15) is 55.8 Å². The number of anilines is 9. The molecule has 0 saturated carbocycles. The van der Waals surface area contributed by atoms with Crippen molar-refractivity contribution in [3.63, 3.8) is 0 Å². The van der Waals surface area contributed by atoms with Crippen molar-refractivity contribution in [3.8, 4) is 44.5 Å². The molecule has 0 atom stereocenters. The zero-order valence-electron chi connectivity index (χ0n) is 78.0. The Morgan fingerprint density at radius 3 is 0.861 bits per heavy atom. The summed E-state index contributed by atoms with van der Waals surface area (Å²) in [7, 11) is 0. The summed E-state index contributed by atoms with van der Waals surface area (Å²) >= 11 is 0. The van der Waals surface area contributed by atoms with Gasteiger partial charge < -0.3 is 36.8 Å². The Morgan fingerprint density at radius 2 is 0.403 bits per heavy atom. The van der Waals surface area contributed by atoms with Crippen LogP contribution >= 0.6 is 0 Å². The summed E-state index contributed by atoms with van der Waals surface area (Å²) in [5, 5.41) is 27.9. The molecular weight excluding hydrogens is 1760 g/mol. The SMILES string of the molecule is c1ccc(-c2ccc(N(c3cccc(-c4ccccc4)c3)c3cc4oc5ccccc5c4c4c3ccc3ccccc34)cc2)cc1.c1ccc(-c2ccccc2-c2cccc(N(c3ccc4oc5ccccc5c4c3)c3cc4oc5ccccc5c4c4c3ccc3ccccc34)c2)cc1.c1ccc2c(N(c3ccc4oc5ccccc5c4c3)c3cc4oc5ccccc5c4c4c3ccc3ccccc34)cccc2c1. The van der Waals surface area contributed by atoms with E-state index in [4.69, 9.17) is 22.1 Å². The van der Waals surface area contributed by atoms with E-state index in [1.165, 1.54) is 104 Å². The molecule has 0 saturated heterocycles. The number of furan rings is 5. The lowest BCUT2D eigenvalue weighted by Gasteiger charge is -2.28. The van der Waals surface area contributed by atoms with Crippen molar-refractivity contribution in [1.29, 1.82) is 0 Å². The lowest BCUT2D eigenvalue weighted by atomic mass is 9.93. The van der Waals surface area contributed by atoms with Crippen molar-refractivity contribution in [3.05, 3.63) is 516 Å². The Morgan fingerprint density at radius 1 is 0.118 bits per heavy atom. The molecule has 0 bridgehead atoms. The Labute approximate surface area is 827 Å². The van der Waals surface area contributed by atoms with E-state index in [1.807, 2.05) is 42.5 Å². The summed E-state index contributed by atoms with van der Waals surface area (Å²) in [6, 6.07) is 183. The highest BCUT2D eigenvalue weighted by Gasteiger charge is 2.29. The molecule has 0 aliphatic rings. The van der Waals surface area contributed by atoms with E-state index in [1.54, 1.807) is 0 Å². The summed E-state index contributed by atoms with van der Waals surface area (Å²) in [5.74, 6) is 0. The lowest BCUT2D eigenvalue weighted by Crippen LogP contribution is -2.11. The van der Waals surface area contributed by atoms with Crippen LogP contribution in [0.2, 0.25) is 0 Å². The van der Waals surface area contributed by atoms with Crippen molar-refractivity contribution >= 4 is 236 Å². The normalized spacial score (nSPS) is 11.8. The fraction of sp³-hybridized carbons (Fsp3) is 0. The third kappa shape index (κ3) is 14.1. The molecular formula is C136H85N3O5. The van der Waals surface area contributed by atoms with Crippen LogP contribution in [-0.4, -0.2) is 0 Å². The zero-order chi connectivity index (χ0) is 94.8. The average Bonchev–Trinajstić information content (AvgIpc) is 1.42. The van der Waals surface area contributed by atoms with Crippen molar-refractivity contribution < 1.29 is 22.1 Å². The molecule has 674 valence electrons. The van der Waals surface area contributed by atoms with Gasteiger partial charge in [-0.15, -0.1) is 0 Å². The number of benzene rings is 25. The maximum absolute atomic E-state index is 6.70. The van der Waals surface area contributed by atoms with Crippen molar-refractivity contribution in [2.75, 3.05) is 14.7 Å². The zero-order valence-corrected chi connectivity index (χ0v) is 78.0. The topological polar surface area (TPSA) is 75.4 Å². The highest BCUT2D eigenvalue weighted by molar-refractivity contribution is 6.33. The molecule has 8 nitrogen and oxygen atoms in total. The van der Waals surface area contributed by atoms with Crippen LogP contribution in [0, 0.1) is 0 Å². The first kappa shape index (κ1) is 82.9. The fourth-order valence-electron chi connectivity index (χ4n) is 22.4. The number of para-hydroxylation sites is 5. The second-order valence-corrected chi connectivity index (χ2v) is 37.1. The van der Waals surface area contributed by atoms with Crippen molar-refractivity contribution in [1.82, 2.24) is 0 Å². The van der Waals surface area contributed by atoms with Gasteiger partial charge in [-0.2, -0.15) is 0 Å². The first-order chi connectivity index (χ1) is 71.4. The second kappa shape index (κ2) is 34.4. The quantitative estimate of drug-likeness (QED) is 0.106. The first-order valence-electron chi connectivity index (χ1n) is 49.0. The fourth-order valence-corrected chi connectivity index (χ4v) is 22.4. The summed E-state index contributed by atoms with van der Waals surface area (Å²) in [6.07, 6.45) is 0. The number of nitrogens with zero attached hydrogens (tertiary/aromatic N) is 3. The van der Waals surface area contributed by atoms with Gasteiger partial charge in [0.25, 0.3) is 0 Å². The van der Waals surface area contributed by atoms with Crippen LogP contribution < -0.4 is 14.7 Å². The maximum Gasteiger partial charge on any atom is 0.138 e. The van der Waals surface area contributed by atoms with Gasteiger partial charge in [-0.05, 0) is 191 Å². The predicted molar refractivity (Wildman–Crippen MR) is 604 cm³/mol. The Balaban J connectivity index is 0.000000105. The summed E-state index contributed by atoms with van der Waals surface area (Å²) < 4.78 is 32.5. The molecule has 0 fully saturated rings. The van der Waals surface area contributed by atoms with E-state index in [2.05, 4.69) is 488 Å². The molecule has 144 heavy (non-hydrogen) atoms. The van der Waals surface area contributed by atoms with Crippen LogP contribution in [0.15, 0.2) is 538 Å². The first-order valence-corrected chi connectivity index (χ1v) is 49.0. The molecule has 0 N–H and O–H groups in total. The van der Waals surface area contributed by atoms with E-state index in [-0.39, 0.29) is 0 Å². The van der Waals surface area contributed by atoms with Gasteiger partial charge in [-0.3, -0.25) is 0 Å². The highest BCUT2D eigenvalue weighted by Crippen LogP contribution is 2.54. The minimum atomic E-state index is 0.857. The van der Waals surface area contributed by atoms with Crippen LogP contribution in [0.3, 0.4) is 0 Å². The molecule has 30 rings (SSSR count). The van der Waals surface area contributed by atoms with Gasteiger partial charge in [-0.25, -0.2) is 0 Å². The number of fused-ring (bicyclic) bond motifs is 28. The molecule has 0 aliphatic heterocycles. The maximum atomic E-state index is 6.70. The second-order valence-electron chi connectivity index (χ2n) is 37.1. The monoisotopic (exact) mass is 1840 g/mol. The Hall–Kier alpha value is -19.3. The Bertz CT molecular complexity index is 10300. The predicted octanol–water partition coefficient (Wildman–Crippen LogP) is 39.7. The molecule has 8 heteroatoms. The molecule has 30 aromatic rings. The van der Waals surface area contributed by atoms with Gasteiger partial charge in [-0.1, -0.05) is 388 Å². The van der Waals surface area contributed by atoms with Gasteiger partial charge in [0, 0.05) is 138 Å². The molecule has 0 spiro atoms. The van der Waals surface area contributed by atoms with Crippen LogP contribution in [0.4, 0.5) is 51.2 Å². The van der Waals surface area contributed by atoms with E-state index in [0.29, 0.717) is 0 Å². The van der Waals surface area contributed by atoms with Crippen LogP contribution in [-0.2, 0) is 0 Å². The smallest absolute Gasteiger partial charge is 0.138 e. The lowest BCUT2D eigenvalue weighted by molar-refractivity contribution is 0.668. The third-order valence-electron chi connectivity index (χ3n) is 28.9. The molecule has 5 heterocycles. The molecule has 0 amide bonds. The summed E-state index contributed by atoms with van der Waals surface area (Å²) in [6.45, 7) is 0. The molecule has 0 aliphatic carbocycles. The average molecular weight is 1840 g/mol. The Kier molecular flexibility index (Phi) is 19.8. The molecule has 25 aromatic carbocycles. The van der Waals surface area contributed by atoms with E-state index >= 15 is 0 Å². The van der Waals surface area contributed by atoms with Crippen LogP contribution in [0.1, 0.15) is 0 Å². The summed E-state index contributed by atoms with van der Waals surface area (Å²) in [5.41, 5.74) is 27.8. The highest BCUT2D eigenvalue weighted by atomic mass is 16.3. The third-order valence-corrected chi connectivity index (χ3v) is 28.9. The molecule has 5 aromatic heterocycles. The number of rotatable bonds is 13. The van der Waals surface area contributed by atoms with Gasteiger partial charge in [0.05, 0.1) is 22.7 Å². The van der Waals surface area contributed by atoms with Crippen molar-refractivity contribution in [2.24, 2.45) is 0 Å². The standard InChI is InChI=1S/C50H31NO2.C44H29NO.C42H25NO2/c1-2-13-32(14-3-1)37-18-6-7-19-38(37)34-16-12-17-35(29-34)51(36-26-28-47-43(30-36)40-21-8-10-23-45(40)52-47)44-31-48-50(42-22-9-11-24-46(42)53-48)49-39-20-5-4-15-33(39)25-27-41(44)49;1-3-12-30(13-4-1)32-22-25-35(26-23-32)45(36-18-11-17-34(28-36)31-14-5-2-6-15-31)40-29-42-44(39-20-9-10-21-41(39)46-42)43-37-19-8-7-16-33(37)24-27-38(40)43;1-3-13-29-26(10-1)12-9-17-35(29)43(28-21-23-39-34(24-28)31-15-5-7-18-37(31)44-39)36-25-40-42(33-16-6-8-19-38(33)45-40)41-30-14-4-2-11-27(30)20-22-32(36)41/h1-31H;1-29H;1-25H. The van der Waals surface area contributed by atoms with Crippen molar-refractivity contribution in [2.45, 2.75) is 0 Å². The van der Waals surface area contributed by atoms with Gasteiger partial charge in [0.2, 0.25) is 0 Å². The van der Waals surface area contributed by atoms with Crippen LogP contribution in [0.5, 0.6) is 0 Å². The number of hydrogen-bond donors (Lipinski definition) is 0. The van der Waals surface area contributed by atoms with E-state index in [9.17, 15) is 0 Å². The number of hydrogen-bond acceptors (Lipinski definition) is 8. The van der Waals surface area contributed by atoms with Gasteiger partial charge in [0.15, 0.2) is 0 Å². The largest absolute Gasteiger partial charge is 0.456 e.